The van der Waals surface area contributed by atoms with Gasteiger partial charge in [0, 0.05) is 19.4 Å². The van der Waals surface area contributed by atoms with E-state index in [1.165, 1.54) is 103 Å². The van der Waals surface area contributed by atoms with Gasteiger partial charge in [0.2, 0.25) is 0 Å². The van der Waals surface area contributed by atoms with Crippen LogP contribution in [0.5, 0.6) is 0 Å². The van der Waals surface area contributed by atoms with Crippen molar-refractivity contribution in [3.63, 3.8) is 0 Å². The van der Waals surface area contributed by atoms with Gasteiger partial charge >= 0.3 is 19.8 Å². The molecule has 0 aromatic heterocycles. The van der Waals surface area contributed by atoms with Crippen molar-refractivity contribution in [3.8, 4) is 0 Å². The summed E-state index contributed by atoms with van der Waals surface area (Å²) in [5, 5.41) is 0. The molecule has 0 amide bonds. The second-order valence-corrected chi connectivity index (χ2v) is 27.6. The van der Waals surface area contributed by atoms with E-state index in [4.69, 9.17) is 24.3 Å². The van der Waals surface area contributed by atoms with Gasteiger partial charge in [0.05, 0.1) is 13.2 Å². The van der Waals surface area contributed by atoms with Crippen molar-refractivity contribution in [2.75, 3.05) is 26.4 Å². The van der Waals surface area contributed by atoms with E-state index in [0.717, 1.165) is 173 Å². The first-order valence-corrected chi connectivity index (χ1v) is 42.4. The lowest BCUT2D eigenvalue weighted by Gasteiger charge is -2.19. The first-order valence-electron chi connectivity index (χ1n) is 40.9. The SMILES string of the molecule is CC/C=C\C/C=C\C/C=C\C/C=C\C/C=C\C/C=C\C/C=C\C/C=C\C/C=C\C/C=C\CCCCCCCCCCCCC(=O)OC(COC(=O)CCCCCCCCCCCCCCC/C=C\C/C=C\C/C=C\C/C=C\C/C=C\C/C=C\C/C=C\C/C=C\C/C=C\CC)COP(=O)(O)OCCN. The summed E-state index contributed by atoms with van der Waals surface area (Å²) in [6.45, 7) is 3.50. The van der Waals surface area contributed by atoms with Crippen LogP contribution in [-0.2, 0) is 32.7 Å². The topological polar surface area (TPSA) is 134 Å². The van der Waals surface area contributed by atoms with Crippen LogP contribution in [0, 0.1) is 0 Å². The van der Waals surface area contributed by atoms with Crippen LogP contribution in [0.1, 0.15) is 309 Å². The van der Waals surface area contributed by atoms with Crippen LogP contribution in [0.15, 0.2) is 231 Å². The number of phosphoric acid groups is 1. The molecule has 0 aromatic carbocycles. The summed E-state index contributed by atoms with van der Waals surface area (Å²) >= 11 is 0. The average Bonchev–Trinajstić information content (AvgIpc) is 0.970. The molecule has 0 heterocycles. The Morgan fingerprint density at radius 2 is 0.505 bits per heavy atom. The maximum absolute atomic E-state index is 12.8. The van der Waals surface area contributed by atoms with E-state index >= 15 is 0 Å². The van der Waals surface area contributed by atoms with E-state index in [1.807, 2.05) is 0 Å². The number of nitrogens with two attached hydrogens (primary N) is 1. The van der Waals surface area contributed by atoms with Gasteiger partial charge in [-0.05, 0) is 161 Å². The maximum Gasteiger partial charge on any atom is 0.472 e. The summed E-state index contributed by atoms with van der Waals surface area (Å²) in [5.74, 6) is -0.842. The largest absolute Gasteiger partial charge is 0.472 e. The van der Waals surface area contributed by atoms with Gasteiger partial charge in [0.25, 0.3) is 0 Å². The van der Waals surface area contributed by atoms with Crippen LogP contribution in [0.3, 0.4) is 0 Å². The third kappa shape index (κ3) is 84.9. The summed E-state index contributed by atoms with van der Waals surface area (Å²) < 4.78 is 33.3. The highest BCUT2D eigenvalue weighted by Gasteiger charge is 2.26. The normalized spacial score (nSPS) is 14.1. The van der Waals surface area contributed by atoms with Crippen molar-refractivity contribution in [1.29, 1.82) is 0 Å². The molecule has 2 atom stereocenters. The molecule has 0 saturated carbocycles. The number of allylic oxidation sites excluding steroid dienone is 38. The molecule has 3 N–H and O–H groups in total. The Bertz CT molecular complexity index is 2560. The summed E-state index contributed by atoms with van der Waals surface area (Å²) in [6.07, 6.45) is 133. The lowest BCUT2D eigenvalue weighted by molar-refractivity contribution is -0.161. The Labute approximate surface area is 632 Å². The van der Waals surface area contributed by atoms with Crippen LogP contribution >= 0.6 is 7.82 Å². The molecule has 0 saturated heterocycles. The molecule has 0 radical (unpaired) electrons. The predicted molar refractivity (Wildman–Crippen MR) is 449 cm³/mol. The molecular weight excluding hydrogens is 1290 g/mol. The van der Waals surface area contributed by atoms with Crippen LogP contribution < -0.4 is 5.73 Å². The average molecular weight is 1440 g/mol. The molecule has 0 aliphatic carbocycles. The molecule has 578 valence electrons. The van der Waals surface area contributed by atoms with Gasteiger partial charge in [-0.2, -0.15) is 0 Å². The third-order valence-electron chi connectivity index (χ3n) is 16.5. The molecule has 0 fully saturated rings. The standard InChI is InChI=1S/C93H148NO8P/c1-3-5-7-9-11-13-15-17-19-21-23-25-27-29-31-33-35-37-39-41-43-45-47-49-51-53-55-57-59-61-63-65-67-69-71-73-75-77-79-81-83-85-92(95)99-89-91(90-101-103(97,98)100-88-87-94)102-93(96)86-84-82-80-78-76-74-72-70-68-66-64-62-60-58-56-54-52-50-48-46-44-42-40-38-36-34-32-30-28-26-24-22-20-18-16-14-12-10-8-6-4-2/h5-8,11-14,17-20,23-26,29-32,35-38,41-44,47-50,53-56,60,62,91H,3-4,9-10,15-16,21-22,27-28,33-34,39-40,45-46,51-52,57-59,61,63-90,94H2,1-2H3,(H,97,98)/b7-5-,8-6-,13-11-,14-12-,19-17-,20-18-,25-23-,26-24-,31-29-,32-30-,37-35-,38-36-,43-41-,44-42-,49-47-,50-48-,55-53-,56-54-,62-60-. The number of phosphoric ester groups is 1. The second-order valence-electron chi connectivity index (χ2n) is 26.2. The zero-order valence-electron chi connectivity index (χ0n) is 65.2. The fourth-order valence-electron chi connectivity index (χ4n) is 10.6. The molecule has 2 unspecified atom stereocenters. The Hall–Kier alpha value is -5.93. The number of hydrogen-bond acceptors (Lipinski definition) is 8. The van der Waals surface area contributed by atoms with Crippen molar-refractivity contribution in [3.05, 3.63) is 231 Å². The van der Waals surface area contributed by atoms with Crippen LogP contribution in [0.4, 0.5) is 0 Å². The Morgan fingerprint density at radius 3 is 0.748 bits per heavy atom. The Balaban J connectivity index is 3.93. The van der Waals surface area contributed by atoms with E-state index in [1.54, 1.807) is 0 Å². The number of hydrogen-bond donors (Lipinski definition) is 2. The van der Waals surface area contributed by atoms with E-state index in [2.05, 4.69) is 245 Å². The van der Waals surface area contributed by atoms with Gasteiger partial charge < -0.3 is 20.1 Å². The minimum absolute atomic E-state index is 0.0429. The number of unbranched alkanes of at least 4 members (excludes halogenated alkanes) is 23. The first-order chi connectivity index (χ1) is 50.8. The summed E-state index contributed by atoms with van der Waals surface area (Å²) in [5.41, 5.74) is 5.42. The van der Waals surface area contributed by atoms with E-state index in [0.29, 0.717) is 6.42 Å². The fourth-order valence-corrected chi connectivity index (χ4v) is 11.4. The minimum atomic E-state index is -4.41. The highest BCUT2D eigenvalue weighted by Crippen LogP contribution is 2.43. The van der Waals surface area contributed by atoms with Crippen molar-refractivity contribution in [1.82, 2.24) is 0 Å². The first kappa shape index (κ1) is 97.1. The van der Waals surface area contributed by atoms with Gasteiger partial charge in [0.1, 0.15) is 6.61 Å². The minimum Gasteiger partial charge on any atom is -0.462 e. The van der Waals surface area contributed by atoms with Crippen LogP contribution in [0.2, 0.25) is 0 Å². The Morgan fingerprint density at radius 1 is 0.291 bits per heavy atom. The number of rotatable bonds is 74. The van der Waals surface area contributed by atoms with Gasteiger partial charge in [-0.1, -0.05) is 367 Å². The van der Waals surface area contributed by atoms with Crippen LogP contribution in [-0.4, -0.2) is 49.3 Å². The molecule has 0 bridgehead atoms. The van der Waals surface area contributed by atoms with Crippen molar-refractivity contribution < 1.29 is 37.6 Å². The van der Waals surface area contributed by atoms with Crippen LogP contribution in [0.25, 0.3) is 0 Å². The molecule has 0 aliphatic rings. The molecule has 10 heteroatoms. The summed E-state index contributed by atoms with van der Waals surface area (Å²) in [7, 11) is -4.41. The van der Waals surface area contributed by atoms with Crippen molar-refractivity contribution in [2.24, 2.45) is 5.73 Å². The molecule has 9 nitrogen and oxygen atoms in total. The highest BCUT2D eigenvalue weighted by molar-refractivity contribution is 7.47. The molecule has 0 spiro atoms. The van der Waals surface area contributed by atoms with Gasteiger partial charge in [-0.25, -0.2) is 4.57 Å². The van der Waals surface area contributed by atoms with Crippen molar-refractivity contribution >= 4 is 19.8 Å². The quantitative estimate of drug-likeness (QED) is 0.0264. The molecule has 0 aliphatic heterocycles. The summed E-state index contributed by atoms with van der Waals surface area (Å²) in [4.78, 5) is 35.5. The fraction of sp³-hybridized carbons (Fsp3) is 0.570. The molecule has 0 rings (SSSR count). The molecule has 0 aromatic rings. The third-order valence-corrected chi connectivity index (χ3v) is 17.5. The van der Waals surface area contributed by atoms with E-state index in [-0.39, 0.29) is 38.6 Å². The molecule has 103 heavy (non-hydrogen) atoms. The number of carbonyl (C=O) groups is 2. The van der Waals surface area contributed by atoms with Gasteiger partial charge in [-0.15, -0.1) is 0 Å². The van der Waals surface area contributed by atoms with E-state index < -0.39 is 26.5 Å². The van der Waals surface area contributed by atoms with Gasteiger partial charge in [-0.3, -0.25) is 18.6 Å². The lowest BCUT2D eigenvalue weighted by Crippen LogP contribution is -2.29. The zero-order valence-corrected chi connectivity index (χ0v) is 66.1. The number of carbonyl (C=O) groups excluding carboxylic acids is 2. The number of ether oxygens (including phenoxy) is 2. The van der Waals surface area contributed by atoms with Gasteiger partial charge in [0.15, 0.2) is 6.10 Å². The lowest BCUT2D eigenvalue weighted by atomic mass is 10.0. The molecular formula is C93H148NO8P. The maximum atomic E-state index is 12.8. The van der Waals surface area contributed by atoms with E-state index in [9.17, 15) is 19.0 Å². The smallest absolute Gasteiger partial charge is 0.462 e. The zero-order chi connectivity index (χ0) is 74.3. The second kappa shape index (κ2) is 85.0. The highest BCUT2D eigenvalue weighted by atomic mass is 31.2. The predicted octanol–water partition coefficient (Wildman–Crippen LogP) is 28.1. The monoisotopic (exact) mass is 1440 g/mol. The Kier molecular flexibility index (Phi) is 80.1. The number of esters is 2. The summed E-state index contributed by atoms with van der Waals surface area (Å²) in [6, 6.07) is 0. The van der Waals surface area contributed by atoms with Crippen molar-refractivity contribution in [2.45, 2.75) is 315 Å².